The van der Waals surface area contributed by atoms with Crippen LogP contribution in [-0.2, 0) is 0 Å². The minimum atomic E-state index is 0.845. The summed E-state index contributed by atoms with van der Waals surface area (Å²) >= 11 is 0. The van der Waals surface area contributed by atoms with E-state index in [4.69, 9.17) is 0 Å². The zero-order valence-electron chi connectivity index (χ0n) is 9.13. The second kappa shape index (κ2) is 4.63. The summed E-state index contributed by atoms with van der Waals surface area (Å²) in [5, 5.41) is 0. The highest BCUT2D eigenvalue weighted by Gasteiger charge is 2.13. The van der Waals surface area contributed by atoms with Crippen molar-refractivity contribution in [2.45, 2.75) is 51.4 Å². The largest absolute Gasteiger partial charge is 0.0617 e. The monoisotopic (exact) mass is 188 g/mol. The van der Waals surface area contributed by atoms with Crippen molar-refractivity contribution < 1.29 is 0 Å². The molecule has 1 aromatic carbocycles. The van der Waals surface area contributed by atoms with Crippen LogP contribution in [0.2, 0.25) is 0 Å². The summed E-state index contributed by atoms with van der Waals surface area (Å²) in [7, 11) is 0. The van der Waals surface area contributed by atoms with E-state index in [0.717, 1.165) is 5.92 Å². The van der Waals surface area contributed by atoms with Gasteiger partial charge in [-0.1, -0.05) is 55.5 Å². The van der Waals surface area contributed by atoms with E-state index in [-0.39, 0.29) is 0 Å². The van der Waals surface area contributed by atoms with E-state index in [1.165, 1.54) is 44.1 Å². The molecule has 1 aliphatic carbocycles. The van der Waals surface area contributed by atoms with Gasteiger partial charge in [-0.2, -0.15) is 0 Å². The van der Waals surface area contributed by atoms with Crippen molar-refractivity contribution in [2.24, 2.45) is 0 Å². The zero-order chi connectivity index (χ0) is 9.80. The van der Waals surface area contributed by atoms with Crippen LogP contribution in [-0.4, -0.2) is 0 Å². The van der Waals surface area contributed by atoms with Gasteiger partial charge in [-0.05, 0) is 31.2 Å². The fourth-order valence-corrected chi connectivity index (χ4v) is 2.54. The molecular formula is C14H20. The SMILES string of the molecule is Cc1cccc(C2CCCCCC2)c1. The molecule has 0 atom stereocenters. The molecule has 0 aromatic heterocycles. The fraction of sp³-hybridized carbons (Fsp3) is 0.571. The van der Waals surface area contributed by atoms with Crippen LogP contribution in [0, 0.1) is 6.92 Å². The molecular weight excluding hydrogens is 168 g/mol. The highest BCUT2D eigenvalue weighted by molar-refractivity contribution is 5.25. The van der Waals surface area contributed by atoms with E-state index in [9.17, 15) is 0 Å². The maximum Gasteiger partial charge on any atom is -0.0162 e. The number of aryl methyl sites for hydroxylation is 1. The first kappa shape index (κ1) is 9.76. The van der Waals surface area contributed by atoms with Gasteiger partial charge in [0.2, 0.25) is 0 Å². The Bertz CT molecular complexity index is 280. The molecule has 1 aromatic rings. The first-order chi connectivity index (χ1) is 6.86. The third-order valence-corrected chi connectivity index (χ3v) is 3.37. The van der Waals surface area contributed by atoms with Crippen molar-refractivity contribution in [1.29, 1.82) is 0 Å². The fourth-order valence-electron chi connectivity index (χ4n) is 2.54. The van der Waals surface area contributed by atoms with E-state index in [0.29, 0.717) is 0 Å². The zero-order valence-corrected chi connectivity index (χ0v) is 9.13. The summed E-state index contributed by atoms with van der Waals surface area (Å²) in [6, 6.07) is 9.08. The average Bonchev–Trinajstić information content (AvgIpc) is 2.45. The summed E-state index contributed by atoms with van der Waals surface area (Å²) < 4.78 is 0. The number of benzene rings is 1. The topological polar surface area (TPSA) is 0 Å². The van der Waals surface area contributed by atoms with Gasteiger partial charge in [0.05, 0.1) is 0 Å². The summed E-state index contributed by atoms with van der Waals surface area (Å²) in [5.41, 5.74) is 2.98. The Morgan fingerprint density at radius 1 is 1.00 bits per heavy atom. The minimum absolute atomic E-state index is 0.845. The Balaban J connectivity index is 2.12. The standard InChI is InChI=1S/C14H20/c1-12-7-6-10-14(11-12)13-8-4-2-3-5-9-13/h6-7,10-11,13H,2-5,8-9H2,1H3. The molecule has 0 nitrogen and oxygen atoms in total. The molecule has 14 heavy (non-hydrogen) atoms. The molecule has 1 aliphatic rings. The van der Waals surface area contributed by atoms with Crippen LogP contribution in [0.4, 0.5) is 0 Å². The van der Waals surface area contributed by atoms with Crippen LogP contribution in [0.1, 0.15) is 55.6 Å². The lowest BCUT2D eigenvalue weighted by Gasteiger charge is -2.14. The Kier molecular flexibility index (Phi) is 3.23. The normalized spacial score (nSPS) is 19.2. The predicted octanol–water partition coefficient (Wildman–Crippen LogP) is 4.43. The number of rotatable bonds is 1. The van der Waals surface area contributed by atoms with Gasteiger partial charge in [0, 0.05) is 0 Å². The smallest absolute Gasteiger partial charge is 0.0162 e. The highest BCUT2D eigenvalue weighted by atomic mass is 14.2. The highest BCUT2D eigenvalue weighted by Crippen LogP contribution is 2.31. The maximum atomic E-state index is 2.37. The summed E-state index contributed by atoms with van der Waals surface area (Å²) in [6.07, 6.45) is 8.56. The Hall–Kier alpha value is -0.780. The van der Waals surface area contributed by atoms with Crippen LogP contribution in [0.25, 0.3) is 0 Å². The molecule has 0 heteroatoms. The Morgan fingerprint density at radius 2 is 1.71 bits per heavy atom. The van der Waals surface area contributed by atoms with Gasteiger partial charge in [-0.3, -0.25) is 0 Å². The number of hydrogen-bond donors (Lipinski definition) is 0. The Labute approximate surface area is 87.3 Å². The lowest BCUT2D eigenvalue weighted by atomic mass is 9.91. The lowest BCUT2D eigenvalue weighted by molar-refractivity contribution is 0.592. The van der Waals surface area contributed by atoms with E-state index in [1.807, 2.05) is 0 Å². The van der Waals surface area contributed by atoms with Crippen LogP contribution in [0.15, 0.2) is 24.3 Å². The second-order valence-corrected chi connectivity index (χ2v) is 4.60. The molecule has 1 fully saturated rings. The van der Waals surface area contributed by atoms with Crippen molar-refractivity contribution in [3.8, 4) is 0 Å². The predicted molar refractivity (Wildman–Crippen MR) is 61.6 cm³/mol. The Morgan fingerprint density at radius 3 is 2.36 bits per heavy atom. The van der Waals surface area contributed by atoms with Crippen LogP contribution in [0.5, 0.6) is 0 Å². The summed E-state index contributed by atoms with van der Waals surface area (Å²) in [6.45, 7) is 2.19. The van der Waals surface area contributed by atoms with E-state index in [1.54, 1.807) is 5.56 Å². The molecule has 1 saturated carbocycles. The van der Waals surface area contributed by atoms with E-state index in [2.05, 4.69) is 31.2 Å². The molecule has 0 saturated heterocycles. The third-order valence-electron chi connectivity index (χ3n) is 3.37. The van der Waals surface area contributed by atoms with Gasteiger partial charge < -0.3 is 0 Å². The molecule has 0 N–H and O–H groups in total. The quantitative estimate of drug-likeness (QED) is 0.572. The molecule has 0 radical (unpaired) electrons. The van der Waals surface area contributed by atoms with Gasteiger partial charge in [0.15, 0.2) is 0 Å². The van der Waals surface area contributed by atoms with Gasteiger partial charge in [-0.15, -0.1) is 0 Å². The molecule has 0 aliphatic heterocycles. The van der Waals surface area contributed by atoms with Crippen molar-refractivity contribution in [3.63, 3.8) is 0 Å². The van der Waals surface area contributed by atoms with Crippen LogP contribution in [0.3, 0.4) is 0 Å². The molecule has 0 heterocycles. The van der Waals surface area contributed by atoms with Gasteiger partial charge in [0.25, 0.3) is 0 Å². The molecule has 2 rings (SSSR count). The number of hydrogen-bond acceptors (Lipinski definition) is 0. The van der Waals surface area contributed by atoms with E-state index < -0.39 is 0 Å². The maximum absolute atomic E-state index is 2.37. The minimum Gasteiger partial charge on any atom is -0.0617 e. The lowest BCUT2D eigenvalue weighted by Crippen LogP contribution is -1.97. The molecule has 0 amide bonds. The third kappa shape index (κ3) is 2.37. The molecule has 76 valence electrons. The van der Waals surface area contributed by atoms with Crippen molar-refractivity contribution in [1.82, 2.24) is 0 Å². The van der Waals surface area contributed by atoms with Crippen molar-refractivity contribution in [2.75, 3.05) is 0 Å². The summed E-state index contributed by atoms with van der Waals surface area (Å²) in [4.78, 5) is 0. The van der Waals surface area contributed by atoms with Crippen LogP contribution < -0.4 is 0 Å². The van der Waals surface area contributed by atoms with Crippen LogP contribution >= 0.6 is 0 Å². The average molecular weight is 188 g/mol. The van der Waals surface area contributed by atoms with Gasteiger partial charge in [-0.25, -0.2) is 0 Å². The summed E-state index contributed by atoms with van der Waals surface area (Å²) in [5.74, 6) is 0.845. The second-order valence-electron chi connectivity index (χ2n) is 4.60. The van der Waals surface area contributed by atoms with Gasteiger partial charge in [0.1, 0.15) is 0 Å². The first-order valence-electron chi connectivity index (χ1n) is 5.93. The molecule has 0 spiro atoms. The molecule has 0 bridgehead atoms. The van der Waals surface area contributed by atoms with E-state index >= 15 is 0 Å². The van der Waals surface area contributed by atoms with Gasteiger partial charge >= 0.3 is 0 Å². The van der Waals surface area contributed by atoms with Crippen molar-refractivity contribution in [3.05, 3.63) is 35.4 Å². The van der Waals surface area contributed by atoms with Crippen molar-refractivity contribution >= 4 is 0 Å². The first-order valence-corrected chi connectivity index (χ1v) is 5.93. The molecule has 0 unspecified atom stereocenters.